The van der Waals surface area contributed by atoms with E-state index in [0.29, 0.717) is 22.5 Å². The molecule has 0 fully saturated rings. The molecule has 0 bridgehead atoms. The SMILES string of the molecule is N#Cc1ccc(NC(=O)c2ccc(Br)cc2N)cc1. The lowest BCUT2D eigenvalue weighted by Gasteiger charge is -2.07. The highest BCUT2D eigenvalue weighted by Gasteiger charge is 2.10. The standard InChI is InChI=1S/C14H10BrN3O/c15-10-3-6-12(13(17)7-10)14(19)18-11-4-1-9(8-16)2-5-11/h1-7H,17H2,(H,18,19). The van der Waals surface area contributed by atoms with Gasteiger partial charge < -0.3 is 11.1 Å². The second-order valence-electron chi connectivity index (χ2n) is 3.87. The molecule has 2 aromatic carbocycles. The molecule has 0 radical (unpaired) electrons. The highest BCUT2D eigenvalue weighted by atomic mass is 79.9. The van der Waals surface area contributed by atoms with Crippen molar-refractivity contribution >= 4 is 33.2 Å². The van der Waals surface area contributed by atoms with Crippen LogP contribution in [-0.2, 0) is 0 Å². The lowest BCUT2D eigenvalue weighted by atomic mass is 10.1. The summed E-state index contributed by atoms with van der Waals surface area (Å²) in [4.78, 5) is 12.0. The minimum atomic E-state index is -0.283. The van der Waals surface area contributed by atoms with Crippen molar-refractivity contribution in [1.29, 1.82) is 5.26 Å². The molecule has 0 aromatic heterocycles. The van der Waals surface area contributed by atoms with E-state index < -0.39 is 0 Å². The molecule has 0 unspecified atom stereocenters. The van der Waals surface area contributed by atoms with E-state index >= 15 is 0 Å². The maximum atomic E-state index is 12.0. The van der Waals surface area contributed by atoms with Gasteiger partial charge in [0.15, 0.2) is 0 Å². The molecule has 5 heteroatoms. The molecule has 0 aliphatic heterocycles. The predicted molar refractivity (Wildman–Crippen MR) is 77.7 cm³/mol. The quantitative estimate of drug-likeness (QED) is 0.835. The van der Waals surface area contributed by atoms with Gasteiger partial charge in [0.2, 0.25) is 0 Å². The van der Waals surface area contributed by atoms with Crippen LogP contribution in [0.5, 0.6) is 0 Å². The van der Waals surface area contributed by atoms with E-state index in [4.69, 9.17) is 11.0 Å². The number of nitrogens with one attached hydrogen (secondary N) is 1. The van der Waals surface area contributed by atoms with Crippen molar-refractivity contribution in [1.82, 2.24) is 0 Å². The number of nitrogens with two attached hydrogens (primary N) is 1. The lowest BCUT2D eigenvalue weighted by molar-refractivity contribution is 0.102. The third-order valence-electron chi connectivity index (χ3n) is 2.53. The van der Waals surface area contributed by atoms with Crippen LogP contribution in [0.25, 0.3) is 0 Å². The van der Waals surface area contributed by atoms with E-state index in [1.165, 1.54) is 0 Å². The first kappa shape index (κ1) is 13.1. The van der Waals surface area contributed by atoms with Gasteiger partial charge in [-0.05, 0) is 42.5 Å². The van der Waals surface area contributed by atoms with Crippen molar-refractivity contribution in [2.24, 2.45) is 0 Å². The number of amides is 1. The van der Waals surface area contributed by atoms with Crippen LogP contribution >= 0.6 is 15.9 Å². The first-order valence-electron chi connectivity index (χ1n) is 5.46. The number of anilines is 2. The molecule has 2 rings (SSSR count). The van der Waals surface area contributed by atoms with Gasteiger partial charge in [0, 0.05) is 15.8 Å². The number of nitrogen functional groups attached to an aromatic ring is 1. The second-order valence-corrected chi connectivity index (χ2v) is 4.79. The molecule has 0 saturated heterocycles. The monoisotopic (exact) mass is 315 g/mol. The Morgan fingerprint density at radius 2 is 1.89 bits per heavy atom. The van der Waals surface area contributed by atoms with Crippen LogP contribution in [-0.4, -0.2) is 5.91 Å². The molecule has 0 atom stereocenters. The highest BCUT2D eigenvalue weighted by Crippen LogP contribution is 2.20. The second kappa shape index (κ2) is 5.55. The van der Waals surface area contributed by atoms with Gasteiger partial charge >= 0.3 is 0 Å². The Morgan fingerprint density at radius 3 is 2.47 bits per heavy atom. The Bertz CT molecular complexity index is 659. The van der Waals surface area contributed by atoms with Gasteiger partial charge in [-0.25, -0.2) is 0 Å². The van der Waals surface area contributed by atoms with Gasteiger partial charge in [0.05, 0.1) is 17.2 Å². The van der Waals surface area contributed by atoms with E-state index in [0.717, 1.165) is 4.47 Å². The summed E-state index contributed by atoms with van der Waals surface area (Å²) < 4.78 is 0.819. The summed E-state index contributed by atoms with van der Waals surface area (Å²) in [5.41, 5.74) is 7.76. The molecule has 94 valence electrons. The molecule has 0 saturated carbocycles. The van der Waals surface area contributed by atoms with Gasteiger partial charge in [-0.1, -0.05) is 15.9 Å². The van der Waals surface area contributed by atoms with E-state index in [2.05, 4.69) is 21.2 Å². The zero-order valence-corrected chi connectivity index (χ0v) is 11.4. The molecular formula is C14H10BrN3O. The van der Waals surface area contributed by atoms with Crippen LogP contribution in [0.4, 0.5) is 11.4 Å². The molecule has 2 aromatic rings. The molecule has 4 nitrogen and oxygen atoms in total. The fourth-order valence-corrected chi connectivity index (χ4v) is 1.95. The van der Waals surface area contributed by atoms with Crippen LogP contribution in [0.1, 0.15) is 15.9 Å². The molecule has 0 aliphatic carbocycles. The maximum absolute atomic E-state index is 12.0. The number of hydrogen-bond donors (Lipinski definition) is 2. The molecule has 3 N–H and O–H groups in total. The minimum absolute atomic E-state index is 0.283. The van der Waals surface area contributed by atoms with Gasteiger partial charge in [0.1, 0.15) is 0 Å². The third-order valence-corrected chi connectivity index (χ3v) is 3.02. The summed E-state index contributed by atoms with van der Waals surface area (Å²) in [6.07, 6.45) is 0. The van der Waals surface area contributed by atoms with Gasteiger partial charge in [-0.15, -0.1) is 0 Å². The summed E-state index contributed by atoms with van der Waals surface area (Å²) in [5.74, 6) is -0.283. The van der Waals surface area contributed by atoms with Crippen LogP contribution < -0.4 is 11.1 Å². The number of hydrogen-bond acceptors (Lipinski definition) is 3. The van der Waals surface area contributed by atoms with Crippen molar-refractivity contribution in [3.05, 3.63) is 58.1 Å². The molecule has 0 spiro atoms. The molecule has 0 aliphatic rings. The number of halogens is 1. The number of benzene rings is 2. The van der Waals surface area contributed by atoms with Crippen molar-refractivity contribution < 1.29 is 4.79 Å². The Balaban J connectivity index is 2.18. The summed E-state index contributed by atoms with van der Waals surface area (Å²) in [6, 6.07) is 13.7. The Kier molecular flexibility index (Phi) is 3.83. The zero-order valence-electron chi connectivity index (χ0n) is 9.85. The van der Waals surface area contributed by atoms with Crippen LogP contribution in [0.3, 0.4) is 0 Å². The summed E-state index contributed by atoms with van der Waals surface area (Å²) in [5, 5.41) is 11.4. The van der Waals surface area contributed by atoms with E-state index in [1.807, 2.05) is 6.07 Å². The predicted octanol–water partition coefficient (Wildman–Crippen LogP) is 3.16. The molecular weight excluding hydrogens is 306 g/mol. The minimum Gasteiger partial charge on any atom is -0.398 e. The summed E-state index contributed by atoms with van der Waals surface area (Å²) >= 11 is 3.29. The van der Waals surface area contributed by atoms with Crippen LogP contribution in [0.2, 0.25) is 0 Å². The van der Waals surface area contributed by atoms with Crippen molar-refractivity contribution in [2.75, 3.05) is 11.1 Å². The summed E-state index contributed by atoms with van der Waals surface area (Å²) in [7, 11) is 0. The van der Waals surface area contributed by atoms with E-state index in [9.17, 15) is 4.79 Å². The third kappa shape index (κ3) is 3.12. The first-order valence-corrected chi connectivity index (χ1v) is 6.26. The number of carbonyl (C=O) groups is 1. The molecule has 0 heterocycles. The fourth-order valence-electron chi connectivity index (χ4n) is 1.57. The number of nitrogens with zero attached hydrogens (tertiary/aromatic N) is 1. The number of nitriles is 1. The lowest BCUT2D eigenvalue weighted by Crippen LogP contribution is -2.13. The van der Waals surface area contributed by atoms with Gasteiger partial charge in [-0.3, -0.25) is 4.79 Å². The van der Waals surface area contributed by atoms with Gasteiger partial charge in [-0.2, -0.15) is 5.26 Å². The Hall–Kier alpha value is -2.32. The average molecular weight is 316 g/mol. The topological polar surface area (TPSA) is 78.9 Å². The maximum Gasteiger partial charge on any atom is 0.257 e. The van der Waals surface area contributed by atoms with Crippen molar-refractivity contribution in [3.63, 3.8) is 0 Å². The smallest absolute Gasteiger partial charge is 0.257 e. The molecule has 19 heavy (non-hydrogen) atoms. The van der Waals surface area contributed by atoms with Gasteiger partial charge in [0.25, 0.3) is 5.91 Å². The van der Waals surface area contributed by atoms with E-state index in [-0.39, 0.29) is 5.91 Å². The zero-order chi connectivity index (χ0) is 13.8. The van der Waals surface area contributed by atoms with Crippen molar-refractivity contribution in [3.8, 4) is 6.07 Å². The molecule has 1 amide bonds. The number of carbonyl (C=O) groups excluding carboxylic acids is 1. The first-order chi connectivity index (χ1) is 9.10. The van der Waals surface area contributed by atoms with Crippen LogP contribution in [0, 0.1) is 11.3 Å². The number of rotatable bonds is 2. The largest absolute Gasteiger partial charge is 0.398 e. The highest BCUT2D eigenvalue weighted by molar-refractivity contribution is 9.10. The summed E-state index contributed by atoms with van der Waals surface area (Å²) in [6.45, 7) is 0. The van der Waals surface area contributed by atoms with Crippen LogP contribution in [0.15, 0.2) is 46.9 Å². The fraction of sp³-hybridized carbons (Fsp3) is 0. The normalized spacial score (nSPS) is 9.68. The van der Waals surface area contributed by atoms with Crippen molar-refractivity contribution in [2.45, 2.75) is 0 Å². The Morgan fingerprint density at radius 1 is 1.21 bits per heavy atom. The Labute approximate surface area is 119 Å². The average Bonchev–Trinajstić information content (AvgIpc) is 2.39. The van der Waals surface area contributed by atoms with E-state index in [1.54, 1.807) is 42.5 Å².